The van der Waals surface area contributed by atoms with E-state index in [2.05, 4.69) is 5.10 Å². The van der Waals surface area contributed by atoms with Crippen molar-refractivity contribution in [2.45, 2.75) is 31.9 Å². The summed E-state index contributed by atoms with van der Waals surface area (Å²) >= 11 is 2.00. The fourth-order valence-corrected chi connectivity index (χ4v) is 3.10. The Hall–Kier alpha value is -0.760. The predicted molar refractivity (Wildman–Crippen MR) is 75.8 cm³/mol. The molecule has 1 saturated heterocycles. The number of benzene rings is 1. The number of aromatic nitrogens is 2. The van der Waals surface area contributed by atoms with Gasteiger partial charge in [-0.1, -0.05) is 6.42 Å². The number of ether oxygens (including phenoxy) is 1. The largest absolute Gasteiger partial charge is 0.356 e. The first-order valence-corrected chi connectivity index (χ1v) is 7.39. The molecule has 102 valence electrons. The van der Waals surface area contributed by atoms with Crippen molar-refractivity contribution in [3.8, 4) is 0 Å². The van der Waals surface area contributed by atoms with Crippen LogP contribution in [0.25, 0.3) is 10.9 Å². The summed E-state index contributed by atoms with van der Waals surface area (Å²) in [4.78, 5) is 0. The molecule has 2 aromatic rings. The molecule has 3 rings (SSSR count). The Morgan fingerprint density at radius 1 is 1.26 bits per heavy atom. The number of nitrogens with zero attached hydrogens (tertiary/aromatic N) is 2. The van der Waals surface area contributed by atoms with Crippen LogP contribution in [0.15, 0.2) is 12.1 Å². The molecule has 2 heterocycles. The van der Waals surface area contributed by atoms with Crippen LogP contribution in [0.5, 0.6) is 0 Å². The zero-order valence-electron chi connectivity index (χ0n) is 10.2. The third kappa shape index (κ3) is 2.47. The maximum absolute atomic E-state index is 14.0. The number of halogens is 3. The lowest BCUT2D eigenvalue weighted by molar-refractivity contribution is 0.000926. The third-order valence-electron chi connectivity index (χ3n) is 3.35. The van der Waals surface area contributed by atoms with E-state index in [0.717, 1.165) is 31.7 Å². The summed E-state index contributed by atoms with van der Waals surface area (Å²) in [5, 5.41) is 4.83. The van der Waals surface area contributed by atoms with Gasteiger partial charge in [0.05, 0.1) is 0 Å². The topological polar surface area (TPSA) is 27.1 Å². The van der Waals surface area contributed by atoms with Gasteiger partial charge in [-0.3, -0.25) is 0 Å². The van der Waals surface area contributed by atoms with E-state index in [1.54, 1.807) is 4.68 Å². The van der Waals surface area contributed by atoms with E-state index < -0.39 is 11.6 Å². The lowest BCUT2D eigenvalue weighted by atomic mass is 10.2. The highest BCUT2D eigenvalue weighted by molar-refractivity contribution is 14.1. The Bertz CT molecular complexity index is 606. The van der Waals surface area contributed by atoms with Crippen molar-refractivity contribution in [1.82, 2.24) is 9.78 Å². The second-order valence-corrected chi connectivity index (χ2v) is 5.72. The molecule has 0 amide bonds. The Labute approximate surface area is 123 Å². The average molecular weight is 378 g/mol. The highest BCUT2D eigenvalue weighted by Crippen LogP contribution is 2.30. The van der Waals surface area contributed by atoms with Crippen molar-refractivity contribution in [2.24, 2.45) is 0 Å². The van der Waals surface area contributed by atoms with E-state index >= 15 is 0 Å². The molecule has 0 saturated carbocycles. The molecule has 6 heteroatoms. The molecule has 3 nitrogen and oxygen atoms in total. The molecule has 0 aliphatic carbocycles. The van der Waals surface area contributed by atoms with E-state index in [1.165, 1.54) is 6.07 Å². The van der Waals surface area contributed by atoms with Crippen LogP contribution in [-0.4, -0.2) is 16.4 Å². The molecule has 0 radical (unpaired) electrons. The van der Waals surface area contributed by atoms with Gasteiger partial charge in [-0.05, 0) is 47.9 Å². The Morgan fingerprint density at radius 2 is 2.11 bits per heavy atom. The van der Waals surface area contributed by atoms with E-state index in [0.29, 0.717) is 21.2 Å². The molecular formula is C13H13F2IN2O. The second kappa shape index (κ2) is 5.32. The quantitative estimate of drug-likeness (QED) is 0.702. The van der Waals surface area contributed by atoms with Crippen LogP contribution < -0.4 is 0 Å². The smallest absolute Gasteiger partial charge is 0.152 e. The van der Waals surface area contributed by atoms with Gasteiger partial charge in [0.2, 0.25) is 0 Å². The molecule has 1 fully saturated rings. The molecule has 1 aliphatic rings. The van der Waals surface area contributed by atoms with Crippen molar-refractivity contribution < 1.29 is 13.5 Å². The lowest BCUT2D eigenvalue weighted by Crippen LogP contribution is -2.14. The number of hydrogen-bond acceptors (Lipinski definition) is 2. The van der Waals surface area contributed by atoms with Crippen LogP contribution in [0, 0.1) is 15.3 Å². The first-order chi connectivity index (χ1) is 9.16. The molecule has 1 aliphatic heterocycles. The van der Waals surface area contributed by atoms with E-state index in [4.69, 9.17) is 4.74 Å². The van der Waals surface area contributed by atoms with E-state index in [9.17, 15) is 8.78 Å². The maximum Gasteiger partial charge on any atom is 0.152 e. The fraction of sp³-hybridized carbons (Fsp3) is 0.462. The lowest BCUT2D eigenvalue weighted by Gasteiger charge is -2.16. The SMILES string of the molecule is Fc1cc(F)c2c(c1)c(I)nn2C1CCCCCO1. The van der Waals surface area contributed by atoms with Crippen molar-refractivity contribution in [3.05, 3.63) is 27.5 Å². The van der Waals surface area contributed by atoms with Crippen LogP contribution in [0.3, 0.4) is 0 Å². The summed E-state index contributed by atoms with van der Waals surface area (Å²) < 4.78 is 35.2. The molecule has 0 N–H and O–H groups in total. The standard InChI is InChI=1S/C13H13F2IN2O/c14-8-6-9-12(10(15)7-8)18(17-13(9)16)11-4-2-1-3-5-19-11/h6-7,11H,1-5H2. The van der Waals surface area contributed by atoms with Crippen LogP contribution in [0.4, 0.5) is 8.78 Å². The van der Waals surface area contributed by atoms with Crippen molar-refractivity contribution in [3.63, 3.8) is 0 Å². The van der Waals surface area contributed by atoms with Gasteiger partial charge >= 0.3 is 0 Å². The van der Waals surface area contributed by atoms with Gasteiger partial charge in [0, 0.05) is 18.1 Å². The highest BCUT2D eigenvalue weighted by atomic mass is 127. The van der Waals surface area contributed by atoms with Crippen LogP contribution in [0.1, 0.15) is 31.9 Å². The number of rotatable bonds is 1. The normalized spacial score (nSPS) is 20.7. The fourth-order valence-electron chi connectivity index (χ4n) is 2.46. The van der Waals surface area contributed by atoms with Gasteiger partial charge in [-0.15, -0.1) is 0 Å². The molecule has 0 bridgehead atoms. The van der Waals surface area contributed by atoms with Gasteiger partial charge in [0.1, 0.15) is 15.0 Å². The molecule has 1 atom stereocenters. The number of hydrogen-bond donors (Lipinski definition) is 0. The minimum atomic E-state index is -0.585. The Balaban J connectivity index is 2.13. The first kappa shape index (κ1) is 13.2. The van der Waals surface area contributed by atoms with E-state index in [1.807, 2.05) is 22.6 Å². The Morgan fingerprint density at radius 3 is 2.95 bits per heavy atom. The molecule has 1 unspecified atom stereocenters. The molecule has 1 aromatic heterocycles. The summed E-state index contributed by atoms with van der Waals surface area (Å²) in [5.41, 5.74) is 0.331. The summed E-state index contributed by atoms with van der Waals surface area (Å²) in [5.74, 6) is -1.16. The van der Waals surface area contributed by atoms with E-state index in [-0.39, 0.29) is 6.23 Å². The maximum atomic E-state index is 14.0. The van der Waals surface area contributed by atoms with Crippen LogP contribution >= 0.6 is 22.6 Å². The number of fused-ring (bicyclic) bond motifs is 1. The minimum absolute atomic E-state index is 0.256. The van der Waals surface area contributed by atoms with Crippen LogP contribution in [0.2, 0.25) is 0 Å². The minimum Gasteiger partial charge on any atom is -0.356 e. The monoisotopic (exact) mass is 378 g/mol. The summed E-state index contributed by atoms with van der Waals surface area (Å²) in [6.07, 6.45) is 3.72. The summed E-state index contributed by atoms with van der Waals surface area (Å²) in [7, 11) is 0. The van der Waals surface area contributed by atoms with Gasteiger partial charge in [0.25, 0.3) is 0 Å². The van der Waals surface area contributed by atoms with Crippen molar-refractivity contribution in [1.29, 1.82) is 0 Å². The highest BCUT2D eigenvalue weighted by Gasteiger charge is 2.22. The zero-order valence-corrected chi connectivity index (χ0v) is 12.4. The first-order valence-electron chi connectivity index (χ1n) is 6.31. The summed E-state index contributed by atoms with van der Waals surface area (Å²) in [6.45, 7) is 0.658. The molecule has 1 aromatic carbocycles. The van der Waals surface area contributed by atoms with Gasteiger partial charge in [-0.25, -0.2) is 13.5 Å². The van der Waals surface area contributed by atoms with Gasteiger partial charge in [-0.2, -0.15) is 5.10 Å². The van der Waals surface area contributed by atoms with Crippen molar-refractivity contribution in [2.75, 3.05) is 6.61 Å². The van der Waals surface area contributed by atoms with Crippen LogP contribution in [-0.2, 0) is 4.74 Å². The molecule has 0 spiro atoms. The second-order valence-electron chi connectivity index (χ2n) is 4.69. The zero-order chi connectivity index (χ0) is 13.4. The molecule has 19 heavy (non-hydrogen) atoms. The summed E-state index contributed by atoms with van der Waals surface area (Å²) in [6, 6.07) is 2.22. The molecular weight excluding hydrogens is 365 g/mol. The van der Waals surface area contributed by atoms with Gasteiger partial charge in [0.15, 0.2) is 12.0 Å². The van der Waals surface area contributed by atoms with Crippen molar-refractivity contribution >= 4 is 33.5 Å². The average Bonchev–Trinajstić information content (AvgIpc) is 2.57. The predicted octanol–water partition coefficient (Wildman–Crippen LogP) is 4.01. The third-order valence-corrected chi connectivity index (χ3v) is 4.15. The van der Waals surface area contributed by atoms with Gasteiger partial charge < -0.3 is 4.74 Å². The Kier molecular flexibility index (Phi) is 3.70.